The van der Waals surface area contributed by atoms with Crippen LogP contribution in [0.2, 0.25) is 0 Å². The zero-order valence-corrected chi connectivity index (χ0v) is 18.6. The quantitative estimate of drug-likeness (QED) is 0.568. The third kappa shape index (κ3) is 4.91. The van der Waals surface area contributed by atoms with Crippen LogP contribution in [0.1, 0.15) is 36.8 Å². The maximum atomic E-state index is 13.5. The summed E-state index contributed by atoms with van der Waals surface area (Å²) in [7, 11) is 0. The van der Waals surface area contributed by atoms with Gasteiger partial charge in [0.1, 0.15) is 5.69 Å². The number of carbonyl (C=O) groups excluding carboxylic acids is 1. The van der Waals surface area contributed by atoms with Gasteiger partial charge in [-0.05, 0) is 50.5 Å². The van der Waals surface area contributed by atoms with Gasteiger partial charge in [-0.1, -0.05) is 65.0 Å². The van der Waals surface area contributed by atoms with E-state index in [2.05, 4.69) is 41.4 Å². The number of aromatic nitrogens is 3. The van der Waals surface area contributed by atoms with Crippen molar-refractivity contribution in [2.75, 3.05) is 13.2 Å². The highest BCUT2D eigenvalue weighted by atomic mass is 16.5. The first-order valence-corrected chi connectivity index (χ1v) is 11.6. The zero-order chi connectivity index (χ0) is 21.9. The molecule has 0 bridgehead atoms. The minimum absolute atomic E-state index is 0.0821. The average molecular weight is 431 g/mol. The van der Waals surface area contributed by atoms with Gasteiger partial charge in [0.25, 0.3) is 0 Å². The molecule has 32 heavy (non-hydrogen) atoms. The second kappa shape index (κ2) is 9.25. The molecule has 6 nitrogen and oxygen atoms in total. The molecule has 0 spiro atoms. The van der Waals surface area contributed by atoms with E-state index in [1.54, 1.807) is 6.20 Å². The third-order valence-electron chi connectivity index (χ3n) is 6.50. The van der Waals surface area contributed by atoms with Gasteiger partial charge in [0.05, 0.1) is 12.3 Å². The largest absolute Gasteiger partial charge is 0.376 e. The molecule has 2 atom stereocenters. The molecule has 0 radical (unpaired) electrons. The summed E-state index contributed by atoms with van der Waals surface area (Å²) in [4.78, 5) is 16.7. The number of hydrogen-bond donors (Lipinski definition) is 0. The molecular weight excluding hydrogens is 400 g/mol. The van der Waals surface area contributed by atoms with Gasteiger partial charge in [-0.3, -0.25) is 0 Å². The number of carbonyl (C=O) groups is 1. The Balaban J connectivity index is 1.34. The number of amides is 1. The van der Waals surface area contributed by atoms with Crippen LogP contribution in [0.15, 0.2) is 60.8 Å². The lowest BCUT2D eigenvalue weighted by atomic mass is 9.94. The monoisotopic (exact) mass is 430 g/mol. The molecule has 1 saturated carbocycles. The number of rotatable bonds is 6. The van der Waals surface area contributed by atoms with Crippen molar-refractivity contribution in [3.63, 3.8) is 0 Å². The molecule has 2 aliphatic rings. The standard InChI is InChI=1S/C26H30N4O2/c1-19-7-11-22(12-8-19)25-16-27-30(28-25)26(31)29-17-24(32-18-21-9-10-21)14-13-23(29)15-20-5-3-2-4-6-20/h2-8,11-12,16,21,23-24H,9-10,13-15,17-18H2,1H3/t23-,24+/m1/s1. The first-order valence-electron chi connectivity index (χ1n) is 11.6. The summed E-state index contributed by atoms with van der Waals surface area (Å²) >= 11 is 0. The lowest BCUT2D eigenvalue weighted by molar-refractivity contribution is -0.0113. The summed E-state index contributed by atoms with van der Waals surface area (Å²) < 4.78 is 6.16. The van der Waals surface area contributed by atoms with Crippen molar-refractivity contribution in [1.82, 2.24) is 19.9 Å². The Kier molecular flexibility index (Phi) is 6.04. The lowest BCUT2D eigenvalue weighted by Crippen LogP contribution is -2.52. The first-order chi connectivity index (χ1) is 15.7. The number of aryl methyl sites for hydroxylation is 1. The molecule has 2 fully saturated rings. The first kappa shape index (κ1) is 20.9. The third-order valence-corrected chi connectivity index (χ3v) is 6.50. The van der Waals surface area contributed by atoms with Crippen LogP contribution < -0.4 is 0 Å². The summed E-state index contributed by atoms with van der Waals surface area (Å²) in [6, 6.07) is 18.4. The zero-order valence-electron chi connectivity index (χ0n) is 18.6. The SMILES string of the molecule is Cc1ccc(-c2cnn(C(=O)N3C[C@@H](OCC4CC4)CC[C@@H]3Cc3ccccc3)n2)cc1. The van der Waals surface area contributed by atoms with Crippen LogP contribution in [0, 0.1) is 12.8 Å². The molecule has 2 aromatic carbocycles. The highest BCUT2D eigenvalue weighted by molar-refractivity contribution is 5.76. The van der Waals surface area contributed by atoms with Crippen LogP contribution in [0.3, 0.4) is 0 Å². The van der Waals surface area contributed by atoms with E-state index in [0.29, 0.717) is 18.2 Å². The maximum absolute atomic E-state index is 13.5. The number of piperidine rings is 1. The van der Waals surface area contributed by atoms with E-state index in [9.17, 15) is 4.79 Å². The lowest BCUT2D eigenvalue weighted by Gasteiger charge is -2.39. The molecule has 0 unspecified atom stereocenters. The molecule has 6 heteroatoms. The van der Waals surface area contributed by atoms with E-state index in [4.69, 9.17) is 4.74 Å². The summed E-state index contributed by atoms with van der Waals surface area (Å²) in [5.74, 6) is 0.714. The Morgan fingerprint density at radius 2 is 1.81 bits per heavy atom. The molecule has 166 valence electrons. The van der Waals surface area contributed by atoms with Crippen molar-refractivity contribution in [2.45, 2.75) is 51.2 Å². The number of ether oxygens (including phenoxy) is 1. The topological polar surface area (TPSA) is 60.2 Å². The normalized spacial score (nSPS) is 21.0. The van der Waals surface area contributed by atoms with Gasteiger partial charge >= 0.3 is 6.03 Å². The van der Waals surface area contributed by atoms with Crippen molar-refractivity contribution in [3.05, 3.63) is 71.9 Å². The summed E-state index contributed by atoms with van der Waals surface area (Å²) in [6.07, 6.45) is 7.01. The Morgan fingerprint density at radius 3 is 2.56 bits per heavy atom. The molecule has 3 aromatic rings. The average Bonchev–Trinajstić information content (AvgIpc) is 3.53. The van der Waals surface area contributed by atoms with E-state index >= 15 is 0 Å². The minimum Gasteiger partial charge on any atom is -0.376 e. The fourth-order valence-corrected chi connectivity index (χ4v) is 4.35. The van der Waals surface area contributed by atoms with E-state index in [1.165, 1.54) is 28.8 Å². The van der Waals surface area contributed by atoms with Crippen LogP contribution in [0.25, 0.3) is 11.3 Å². The van der Waals surface area contributed by atoms with Gasteiger partial charge in [-0.15, -0.1) is 5.10 Å². The van der Waals surface area contributed by atoms with Gasteiger partial charge in [0, 0.05) is 24.8 Å². The molecule has 1 amide bonds. The second-order valence-electron chi connectivity index (χ2n) is 9.14. The van der Waals surface area contributed by atoms with E-state index < -0.39 is 0 Å². The molecule has 1 aliphatic heterocycles. The Hall–Kier alpha value is -2.99. The van der Waals surface area contributed by atoms with E-state index in [1.807, 2.05) is 35.2 Å². The van der Waals surface area contributed by atoms with E-state index in [-0.39, 0.29) is 18.2 Å². The highest BCUT2D eigenvalue weighted by Crippen LogP contribution is 2.31. The van der Waals surface area contributed by atoms with Gasteiger partial charge < -0.3 is 9.64 Å². The van der Waals surface area contributed by atoms with Crippen molar-refractivity contribution in [2.24, 2.45) is 5.92 Å². The molecular formula is C26H30N4O2. The number of likely N-dealkylation sites (tertiary alicyclic amines) is 1. The Morgan fingerprint density at radius 1 is 1.03 bits per heavy atom. The second-order valence-corrected chi connectivity index (χ2v) is 9.14. The van der Waals surface area contributed by atoms with E-state index in [0.717, 1.165) is 31.4 Å². The molecule has 5 rings (SSSR count). The molecule has 0 N–H and O–H groups in total. The summed E-state index contributed by atoms with van der Waals surface area (Å²) in [5, 5.41) is 8.82. The maximum Gasteiger partial charge on any atom is 0.362 e. The van der Waals surface area contributed by atoms with Gasteiger partial charge in [0.2, 0.25) is 0 Å². The molecule has 2 heterocycles. The number of hydrogen-bond acceptors (Lipinski definition) is 4. The van der Waals surface area contributed by atoms with Gasteiger partial charge in [-0.25, -0.2) is 4.79 Å². The number of benzene rings is 2. The van der Waals surface area contributed by atoms with Crippen LogP contribution in [-0.2, 0) is 11.2 Å². The van der Waals surface area contributed by atoms with Crippen molar-refractivity contribution in [3.8, 4) is 11.3 Å². The summed E-state index contributed by atoms with van der Waals surface area (Å²) in [6.45, 7) is 3.45. The molecule has 1 aromatic heterocycles. The molecule has 1 saturated heterocycles. The van der Waals surface area contributed by atoms with Crippen LogP contribution >= 0.6 is 0 Å². The molecule has 1 aliphatic carbocycles. The fraction of sp³-hybridized carbons (Fsp3) is 0.423. The smallest absolute Gasteiger partial charge is 0.362 e. The highest BCUT2D eigenvalue weighted by Gasteiger charge is 2.34. The van der Waals surface area contributed by atoms with Gasteiger partial charge in [-0.2, -0.15) is 5.10 Å². The minimum atomic E-state index is -0.177. The van der Waals surface area contributed by atoms with Crippen molar-refractivity contribution >= 4 is 6.03 Å². The predicted molar refractivity (Wildman–Crippen MR) is 123 cm³/mol. The number of nitrogens with zero attached hydrogens (tertiary/aromatic N) is 4. The van der Waals surface area contributed by atoms with Crippen molar-refractivity contribution < 1.29 is 9.53 Å². The summed E-state index contributed by atoms with van der Waals surface area (Å²) in [5.41, 5.74) is 4.09. The fourth-order valence-electron chi connectivity index (χ4n) is 4.35. The van der Waals surface area contributed by atoms with Crippen LogP contribution in [0.5, 0.6) is 0 Å². The van der Waals surface area contributed by atoms with Crippen LogP contribution in [-0.4, -0.2) is 51.2 Å². The van der Waals surface area contributed by atoms with Crippen molar-refractivity contribution in [1.29, 1.82) is 0 Å². The van der Waals surface area contributed by atoms with Crippen LogP contribution in [0.4, 0.5) is 4.79 Å². The Bertz CT molecular complexity index is 1040. The Labute approximate surface area is 189 Å². The van der Waals surface area contributed by atoms with Gasteiger partial charge in [0.15, 0.2) is 0 Å². The predicted octanol–water partition coefficient (Wildman–Crippen LogP) is 4.72.